The van der Waals surface area contributed by atoms with Gasteiger partial charge in [-0.3, -0.25) is 9.59 Å². The second-order valence-electron chi connectivity index (χ2n) is 8.87. The SMILES string of the molecule is COc1ccc(NC(=O)c2ccc3[nH]c(CCCN(C)C(=O)[C@@H](N)Cc4cccs4)cc3c2)cc1OC. The molecule has 2 amide bonds. The molecule has 0 saturated heterocycles. The molecule has 0 bridgehead atoms. The number of benzene rings is 2. The van der Waals surface area contributed by atoms with E-state index in [0.29, 0.717) is 35.7 Å². The highest BCUT2D eigenvalue weighted by Crippen LogP contribution is 2.30. The molecule has 0 aliphatic heterocycles. The first kappa shape index (κ1) is 26.2. The van der Waals surface area contributed by atoms with Gasteiger partial charge in [0.25, 0.3) is 5.91 Å². The van der Waals surface area contributed by atoms with E-state index in [2.05, 4.69) is 10.3 Å². The molecule has 8 nitrogen and oxygen atoms in total. The number of carbonyl (C=O) groups excluding carboxylic acids is 2. The Morgan fingerprint density at radius 1 is 1.08 bits per heavy atom. The lowest BCUT2D eigenvalue weighted by molar-refractivity contribution is -0.131. The van der Waals surface area contributed by atoms with Crippen molar-refractivity contribution in [2.45, 2.75) is 25.3 Å². The highest BCUT2D eigenvalue weighted by atomic mass is 32.1. The number of ether oxygens (including phenoxy) is 2. The normalized spacial score (nSPS) is 11.8. The number of likely N-dealkylation sites (N-methyl/N-ethyl adjacent to an activating group) is 1. The van der Waals surface area contributed by atoms with Crippen LogP contribution in [0.1, 0.15) is 27.3 Å². The van der Waals surface area contributed by atoms with Crippen LogP contribution in [-0.4, -0.2) is 55.6 Å². The van der Waals surface area contributed by atoms with Gasteiger partial charge in [-0.1, -0.05) is 6.07 Å². The van der Waals surface area contributed by atoms with Crippen molar-refractivity contribution in [3.05, 3.63) is 76.1 Å². The molecule has 0 fully saturated rings. The van der Waals surface area contributed by atoms with Crippen molar-refractivity contribution in [1.29, 1.82) is 0 Å². The number of nitrogens with one attached hydrogen (secondary N) is 2. The number of aromatic nitrogens is 1. The standard InChI is InChI=1S/C28H32N4O4S/c1-32(28(34)23(29)17-22-7-5-13-37-22)12-4-6-20-15-19-14-18(8-10-24(19)30-20)27(33)31-21-9-11-25(35-2)26(16-21)36-3/h5,7-11,13-16,23,30H,4,6,12,17,29H2,1-3H3,(H,31,33)/t23-/m0/s1. The molecule has 4 rings (SSSR count). The maximum absolute atomic E-state index is 12.8. The van der Waals surface area contributed by atoms with Crippen LogP contribution in [0.4, 0.5) is 5.69 Å². The molecule has 4 aromatic rings. The van der Waals surface area contributed by atoms with Crippen molar-refractivity contribution in [2.75, 3.05) is 33.1 Å². The molecular formula is C28H32N4O4S. The molecule has 194 valence electrons. The van der Waals surface area contributed by atoms with Gasteiger partial charge >= 0.3 is 0 Å². The summed E-state index contributed by atoms with van der Waals surface area (Å²) in [4.78, 5) is 31.7. The largest absolute Gasteiger partial charge is 0.493 e. The van der Waals surface area contributed by atoms with Gasteiger partial charge in [0.2, 0.25) is 5.91 Å². The summed E-state index contributed by atoms with van der Waals surface area (Å²) in [6.45, 7) is 0.616. The summed E-state index contributed by atoms with van der Waals surface area (Å²) in [5.41, 5.74) is 9.30. The van der Waals surface area contributed by atoms with E-state index < -0.39 is 6.04 Å². The van der Waals surface area contributed by atoms with Crippen LogP contribution in [0.2, 0.25) is 0 Å². The molecule has 37 heavy (non-hydrogen) atoms. The molecule has 4 N–H and O–H groups in total. The van der Waals surface area contributed by atoms with Crippen molar-refractivity contribution < 1.29 is 19.1 Å². The summed E-state index contributed by atoms with van der Waals surface area (Å²) in [6, 6.07) is 16.3. The maximum Gasteiger partial charge on any atom is 0.255 e. The van der Waals surface area contributed by atoms with E-state index in [9.17, 15) is 9.59 Å². The first-order valence-electron chi connectivity index (χ1n) is 12.1. The van der Waals surface area contributed by atoms with Gasteiger partial charge in [0.15, 0.2) is 11.5 Å². The summed E-state index contributed by atoms with van der Waals surface area (Å²) in [6.07, 6.45) is 2.14. The number of nitrogens with two attached hydrogens (primary N) is 1. The summed E-state index contributed by atoms with van der Waals surface area (Å²) >= 11 is 1.61. The van der Waals surface area contributed by atoms with Gasteiger partial charge < -0.3 is 30.4 Å². The maximum atomic E-state index is 12.8. The summed E-state index contributed by atoms with van der Waals surface area (Å²) < 4.78 is 10.6. The van der Waals surface area contributed by atoms with E-state index in [1.54, 1.807) is 61.8 Å². The van der Waals surface area contributed by atoms with Crippen LogP contribution in [0, 0.1) is 0 Å². The highest BCUT2D eigenvalue weighted by Gasteiger charge is 2.19. The lowest BCUT2D eigenvalue weighted by Gasteiger charge is -2.21. The minimum atomic E-state index is -0.528. The Labute approximate surface area is 220 Å². The Kier molecular flexibility index (Phi) is 8.47. The predicted molar refractivity (Wildman–Crippen MR) is 148 cm³/mol. The number of hydrogen-bond donors (Lipinski definition) is 3. The fraction of sp³-hybridized carbons (Fsp3) is 0.286. The number of nitrogens with zero attached hydrogens (tertiary/aromatic N) is 1. The quantitative estimate of drug-likeness (QED) is 0.271. The minimum Gasteiger partial charge on any atom is -0.493 e. The zero-order valence-electron chi connectivity index (χ0n) is 21.2. The van der Waals surface area contributed by atoms with E-state index in [1.807, 2.05) is 35.7 Å². The lowest BCUT2D eigenvalue weighted by atomic mass is 10.1. The third kappa shape index (κ3) is 6.49. The summed E-state index contributed by atoms with van der Waals surface area (Å²) in [5, 5.41) is 5.85. The van der Waals surface area contributed by atoms with Gasteiger partial charge in [-0.05, 0) is 60.7 Å². The second-order valence-corrected chi connectivity index (χ2v) is 9.91. The lowest BCUT2D eigenvalue weighted by Crippen LogP contribution is -2.43. The van der Waals surface area contributed by atoms with Crippen LogP contribution in [0.25, 0.3) is 10.9 Å². The monoisotopic (exact) mass is 520 g/mol. The van der Waals surface area contributed by atoms with Gasteiger partial charge in [-0.15, -0.1) is 11.3 Å². The molecule has 2 heterocycles. The van der Waals surface area contributed by atoms with E-state index in [0.717, 1.165) is 34.3 Å². The highest BCUT2D eigenvalue weighted by molar-refractivity contribution is 7.09. The second kappa shape index (κ2) is 11.9. The first-order chi connectivity index (χ1) is 17.9. The van der Waals surface area contributed by atoms with E-state index in [-0.39, 0.29) is 11.8 Å². The number of methoxy groups -OCH3 is 2. The molecular weight excluding hydrogens is 488 g/mol. The Balaban J connectivity index is 1.32. The van der Waals surface area contributed by atoms with Gasteiger partial charge in [-0.2, -0.15) is 0 Å². The molecule has 0 aliphatic rings. The number of fused-ring (bicyclic) bond motifs is 1. The van der Waals surface area contributed by atoms with Crippen molar-refractivity contribution in [1.82, 2.24) is 9.88 Å². The van der Waals surface area contributed by atoms with E-state index >= 15 is 0 Å². The van der Waals surface area contributed by atoms with Crippen molar-refractivity contribution in [3.8, 4) is 11.5 Å². The molecule has 0 saturated carbocycles. The number of anilines is 1. The van der Waals surface area contributed by atoms with Crippen molar-refractivity contribution in [2.24, 2.45) is 5.73 Å². The average Bonchev–Trinajstić information content (AvgIpc) is 3.56. The van der Waals surface area contributed by atoms with Crippen LogP contribution < -0.4 is 20.5 Å². The fourth-order valence-corrected chi connectivity index (χ4v) is 4.98. The summed E-state index contributed by atoms with van der Waals surface area (Å²) in [7, 11) is 4.92. The Morgan fingerprint density at radius 3 is 2.62 bits per heavy atom. The smallest absolute Gasteiger partial charge is 0.255 e. The first-order valence-corrected chi connectivity index (χ1v) is 12.9. The Morgan fingerprint density at radius 2 is 1.89 bits per heavy atom. The number of aryl methyl sites for hydroxylation is 1. The third-order valence-corrected chi connectivity index (χ3v) is 7.11. The number of amides is 2. The molecule has 0 radical (unpaired) electrons. The van der Waals surface area contributed by atoms with Crippen LogP contribution in [0.3, 0.4) is 0 Å². The molecule has 1 atom stereocenters. The molecule has 2 aromatic carbocycles. The van der Waals surface area contributed by atoms with Crippen molar-refractivity contribution in [3.63, 3.8) is 0 Å². The zero-order valence-corrected chi connectivity index (χ0v) is 22.1. The van der Waals surface area contributed by atoms with Gasteiger partial charge in [0, 0.05) is 58.8 Å². The minimum absolute atomic E-state index is 0.0461. The van der Waals surface area contributed by atoms with Crippen LogP contribution >= 0.6 is 11.3 Å². The van der Waals surface area contributed by atoms with Gasteiger partial charge in [0.05, 0.1) is 20.3 Å². The van der Waals surface area contributed by atoms with Crippen molar-refractivity contribution >= 4 is 39.7 Å². The average molecular weight is 521 g/mol. The van der Waals surface area contributed by atoms with E-state index in [1.165, 1.54) is 0 Å². The molecule has 0 unspecified atom stereocenters. The number of thiophene rings is 1. The fourth-order valence-electron chi connectivity index (χ4n) is 4.22. The predicted octanol–water partition coefficient (Wildman–Crippen LogP) is 4.46. The van der Waals surface area contributed by atoms with E-state index in [4.69, 9.17) is 15.2 Å². The van der Waals surface area contributed by atoms with Gasteiger partial charge in [0.1, 0.15) is 0 Å². The molecule has 0 aliphatic carbocycles. The number of aromatic amines is 1. The number of H-pyrrole nitrogens is 1. The molecule has 2 aromatic heterocycles. The third-order valence-electron chi connectivity index (χ3n) is 6.21. The topological polar surface area (TPSA) is 110 Å². The van der Waals surface area contributed by atoms with Crippen LogP contribution in [0.5, 0.6) is 11.5 Å². The molecule has 0 spiro atoms. The number of hydrogen-bond acceptors (Lipinski definition) is 6. The molecule has 9 heteroatoms. The van der Waals surface area contributed by atoms with Crippen LogP contribution in [0.15, 0.2) is 60.0 Å². The Hall–Kier alpha value is -3.82. The van der Waals surface area contributed by atoms with Crippen LogP contribution in [-0.2, 0) is 17.6 Å². The number of rotatable bonds is 11. The zero-order chi connectivity index (χ0) is 26.4. The number of carbonyl (C=O) groups is 2. The summed E-state index contributed by atoms with van der Waals surface area (Å²) in [5.74, 6) is 0.882. The van der Waals surface area contributed by atoms with Gasteiger partial charge in [-0.25, -0.2) is 0 Å². The Bertz CT molecular complexity index is 1370.